The number of fused-ring (bicyclic) bond motifs is 38. The second kappa shape index (κ2) is 29.0. The largest absolute Gasteiger partial charge is 0.310 e. The minimum Gasteiger partial charge on any atom is -0.310 e. The van der Waals surface area contributed by atoms with Crippen molar-refractivity contribution in [2.75, 3.05) is 9.80 Å². The van der Waals surface area contributed by atoms with E-state index in [4.69, 9.17) is 0 Å². The first-order chi connectivity index (χ1) is 68.4. The maximum atomic E-state index is 2.55. The van der Waals surface area contributed by atoms with Gasteiger partial charge in [-0.1, -0.05) is 425 Å². The molecule has 2 nitrogen and oxygen atoms in total. The molecule has 0 amide bonds. The van der Waals surface area contributed by atoms with Crippen LogP contribution in [0.5, 0.6) is 0 Å². The van der Waals surface area contributed by atoms with Gasteiger partial charge in [-0.2, -0.15) is 0 Å². The maximum absolute atomic E-state index is 2.55. The van der Waals surface area contributed by atoms with Crippen LogP contribution in [0.2, 0.25) is 0 Å². The van der Waals surface area contributed by atoms with Crippen molar-refractivity contribution in [2.45, 2.75) is 21.7 Å². The Labute approximate surface area is 800 Å². The van der Waals surface area contributed by atoms with E-state index in [0.29, 0.717) is 0 Å². The average molecular weight is 1750 g/mol. The summed E-state index contributed by atoms with van der Waals surface area (Å²) in [5, 5.41) is 14.9. The van der Waals surface area contributed by atoms with Crippen LogP contribution in [0.3, 0.4) is 0 Å². The first kappa shape index (κ1) is 76.9. The van der Waals surface area contributed by atoms with Gasteiger partial charge in [-0.25, -0.2) is 0 Å². The zero-order valence-electron chi connectivity index (χ0n) is 75.4. The molecule has 24 aromatic rings. The molecule has 638 valence electrons. The molecule has 0 heterocycles. The van der Waals surface area contributed by atoms with Gasteiger partial charge in [0, 0.05) is 34.1 Å². The van der Waals surface area contributed by atoms with Crippen molar-refractivity contribution in [3.8, 4) is 77.9 Å². The Kier molecular flexibility index (Phi) is 16.2. The molecule has 0 aliphatic heterocycles. The lowest BCUT2D eigenvalue weighted by molar-refractivity contribution is 0.768. The monoisotopic (exact) mass is 1740 g/mol. The molecule has 2 heteroatoms. The summed E-state index contributed by atoms with van der Waals surface area (Å²) < 4.78 is 0. The number of hydrogen-bond donors (Lipinski definition) is 0. The molecular weight excluding hydrogens is 1660 g/mol. The van der Waals surface area contributed by atoms with E-state index in [1.165, 1.54) is 232 Å². The van der Waals surface area contributed by atoms with E-state index in [-0.39, 0.29) is 0 Å². The SMILES string of the molecule is c1ccc(C2(c3ccc(N(c4ccc5c(c4)-c4ccccc4C54c5ccccc5-c5cc(-c6ccc7c(c6)-c6ccccc6C7(c6ccccc6)c6cccc(N(c7ccc8c(c7)-c7ccccc7C87c8ccccc8-c8ccccc87)c7ccc8c9ccccc9c9ccccc9c8c7)c6)ccc54)c4ccc5c6ccccc6c6ccccc6c5c4)cc3)c3ccccc3-c3ccccc32)cc1. The van der Waals surface area contributed by atoms with Crippen molar-refractivity contribution >= 4 is 98.8 Å². The van der Waals surface area contributed by atoms with Crippen LogP contribution < -0.4 is 9.80 Å². The van der Waals surface area contributed by atoms with Crippen molar-refractivity contribution in [1.29, 1.82) is 0 Å². The van der Waals surface area contributed by atoms with Gasteiger partial charge in [-0.3, -0.25) is 0 Å². The topological polar surface area (TPSA) is 6.48 Å². The molecule has 0 bridgehead atoms. The fraction of sp³-hybridized carbons (Fsp3) is 0.0294. The van der Waals surface area contributed by atoms with E-state index >= 15 is 0 Å². The molecular formula is C136H84N2. The van der Waals surface area contributed by atoms with Crippen molar-refractivity contribution in [3.05, 3.63) is 599 Å². The van der Waals surface area contributed by atoms with Gasteiger partial charge in [0.15, 0.2) is 0 Å². The van der Waals surface area contributed by atoms with Gasteiger partial charge in [-0.05, 0) is 316 Å². The molecule has 0 aromatic heterocycles. The van der Waals surface area contributed by atoms with Gasteiger partial charge in [0.05, 0.1) is 21.7 Å². The molecule has 6 aliphatic rings. The second-order valence-corrected chi connectivity index (χ2v) is 38.5. The lowest BCUT2D eigenvalue weighted by Gasteiger charge is -2.35. The third kappa shape index (κ3) is 10.2. The van der Waals surface area contributed by atoms with E-state index in [2.05, 4.69) is 519 Å². The Morgan fingerprint density at radius 2 is 0.326 bits per heavy atom. The summed E-state index contributed by atoms with van der Waals surface area (Å²) in [7, 11) is 0. The highest BCUT2D eigenvalue weighted by Crippen LogP contribution is 2.68. The zero-order valence-corrected chi connectivity index (χ0v) is 75.4. The van der Waals surface area contributed by atoms with Crippen LogP contribution in [0.4, 0.5) is 34.1 Å². The molecule has 6 aliphatic carbocycles. The number of anilines is 6. The van der Waals surface area contributed by atoms with Crippen LogP contribution in [0.15, 0.2) is 510 Å². The summed E-state index contributed by atoms with van der Waals surface area (Å²) in [6.07, 6.45) is 0. The van der Waals surface area contributed by atoms with E-state index < -0.39 is 21.7 Å². The predicted molar refractivity (Wildman–Crippen MR) is 573 cm³/mol. The average Bonchev–Trinajstić information content (AvgIpc) is 1.60. The molecule has 0 fully saturated rings. The molecule has 2 spiro atoms. The summed E-state index contributed by atoms with van der Waals surface area (Å²) >= 11 is 0. The Morgan fingerprint density at radius 3 is 0.681 bits per heavy atom. The van der Waals surface area contributed by atoms with Crippen molar-refractivity contribution < 1.29 is 0 Å². The quantitative estimate of drug-likeness (QED) is 0.119. The summed E-state index contributed by atoms with van der Waals surface area (Å²) in [5.41, 5.74) is 42.0. The Balaban J connectivity index is 0.568. The highest BCUT2D eigenvalue weighted by atomic mass is 15.1. The van der Waals surface area contributed by atoms with Crippen LogP contribution in [0.25, 0.3) is 143 Å². The standard InChI is InChI=1S/C136H84N2/c1-3-32-87(33-4-1)133(121-54-23-15-46-107(121)108-47-16-24-55-122(108)133)89-64-66-91(67-65-89)137(93-68-72-105-101-42-9-7-38-97(101)99-40-11-13-44-103(99)115(105)81-93)95-70-76-132-119(83-95)114-53-22-30-61-128(114)136(132)126-59-28-20-51-112(126)118-79-86(63-75-130(118)136)85-62-74-129-117(78-85)111-50-19-25-56-123(111)134(129,88-34-5-2-6-35-88)90-36-31-37-92(80-90)138(94-69-73-106-102-43-10-8-39-98(102)100-41-12-14-45-104(100)116(106)82-94)96-71-77-131-120(84-96)113-52-21-29-60-127(113)135(131)124-57-26-17-48-109(124)110-49-18-27-58-125(110)135/h1-84H. The minimum absolute atomic E-state index is 0.489. The van der Waals surface area contributed by atoms with E-state index in [0.717, 1.165) is 34.1 Å². The Hall–Kier alpha value is -17.6. The number of nitrogens with zero attached hydrogens (tertiary/aromatic N) is 2. The number of hydrogen-bond acceptors (Lipinski definition) is 2. The fourth-order valence-electron chi connectivity index (χ4n) is 27.0. The molecule has 0 N–H and O–H groups in total. The first-order valence-electron chi connectivity index (χ1n) is 48.4. The van der Waals surface area contributed by atoms with Crippen molar-refractivity contribution in [2.24, 2.45) is 0 Å². The predicted octanol–water partition coefficient (Wildman–Crippen LogP) is 34.6. The normalized spacial score (nSPS) is 15.6. The molecule has 0 saturated heterocycles. The summed E-state index contributed by atoms with van der Waals surface area (Å²) in [6.45, 7) is 0. The smallest absolute Gasteiger partial charge is 0.0725 e. The van der Waals surface area contributed by atoms with Crippen LogP contribution in [0, 0.1) is 0 Å². The van der Waals surface area contributed by atoms with Gasteiger partial charge in [0.25, 0.3) is 0 Å². The molecule has 24 aromatic carbocycles. The lowest BCUT2D eigenvalue weighted by atomic mass is 9.67. The molecule has 0 radical (unpaired) electrons. The van der Waals surface area contributed by atoms with Crippen molar-refractivity contribution in [3.63, 3.8) is 0 Å². The molecule has 2 atom stereocenters. The first-order valence-corrected chi connectivity index (χ1v) is 48.4. The van der Waals surface area contributed by atoms with Crippen LogP contribution in [0.1, 0.15) is 89.0 Å². The van der Waals surface area contributed by atoms with Crippen LogP contribution in [-0.4, -0.2) is 0 Å². The van der Waals surface area contributed by atoms with Gasteiger partial charge in [0.2, 0.25) is 0 Å². The van der Waals surface area contributed by atoms with Gasteiger partial charge < -0.3 is 9.80 Å². The van der Waals surface area contributed by atoms with Gasteiger partial charge in [0.1, 0.15) is 0 Å². The molecule has 2 unspecified atom stereocenters. The van der Waals surface area contributed by atoms with Gasteiger partial charge in [-0.15, -0.1) is 0 Å². The summed E-state index contributed by atoms with van der Waals surface area (Å²) in [4.78, 5) is 5.07. The molecule has 138 heavy (non-hydrogen) atoms. The van der Waals surface area contributed by atoms with E-state index in [1.54, 1.807) is 0 Å². The van der Waals surface area contributed by atoms with E-state index in [9.17, 15) is 0 Å². The second-order valence-electron chi connectivity index (χ2n) is 38.5. The third-order valence-corrected chi connectivity index (χ3v) is 32.4. The number of rotatable bonds is 11. The minimum atomic E-state index is -0.742. The Bertz CT molecular complexity index is 9220. The highest BCUT2D eigenvalue weighted by Gasteiger charge is 2.55. The maximum Gasteiger partial charge on any atom is 0.0725 e. The summed E-state index contributed by atoms with van der Waals surface area (Å²) in [6, 6.07) is 195. The molecule has 0 saturated carbocycles. The highest BCUT2D eigenvalue weighted by molar-refractivity contribution is 6.27. The third-order valence-electron chi connectivity index (χ3n) is 32.4. The van der Waals surface area contributed by atoms with Crippen LogP contribution >= 0.6 is 0 Å². The van der Waals surface area contributed by atoms with Crippen molar-refractivity contribution in [1.82, 2.24) is 0 Å². The Morgan fingerprint density at radius 1 is 0.109 bits per heavy atom. The lowest BCUT2D eigenvalue weighted by Crippen LogP contribution is -2.29. The fourth-order valence-corrected chi connectivity index (χ4v) is 27.0. The zero-order chi connectivity index (χ0) is 90.3. The van der Waals surface area contributed by atoms with Gasteiger partial charge >= 0.3 is 0 Å². The van der Waals surface area contributed by atoms with Crippen LogP contribution in [-0.2, 0) is 21.7 Å². The molecule has 30 rings (SSSR count). The summed E-state index contributed by atoms with van der Waals surface area (Å²) in [5.74, 6) is 0. The van der Waals surface area contributed by atoms with E-state index in [1.807, 2.05) is 0 Å². The number of benzene rings is 24.